The summed E-state index contributed by atoms with van der Waals surface area (Å²) in [4.78, 5) is 49.5. The van der Waals surface area contributed by atoms with Gasteiger partial charge >= 0.3 is 0 Å². The molecule has 1 saturated heterocycles. The summed E-state index contributed by atoms with van der Waals surface area (Å²) in [7, 11) is 0. The average molecular weight is 464 g/mol. The van der Waals surface area contributed by atoms with Crippen molar-refractivity contribution >= 4 is 23.3 Å². The quantitative estimate of drug-likeness (QED) is 0.390. The van der Waals surface area contributed by atoms with Crippen molar-refractivity contribution in [2.45, 2.75) is 51.9 Å². The van der Waals surface area contributed by atoms with E-state index in [0.29, 0.717) is 17.9 Å². The second kappa shape index (κ2) is 11.8. The molecule has 0 saturated carbocycles. The average Bonchev–Trinajstić information content (AvgIpc) is 2.84. The van der Waals surface area contributed by atoms with E-state index in [1.165, 1.54) is 5.56 Å². The van der Waals surface area contributed by atoms with Gasteiger partial charge in [-0.05, 0) is 41.9 Å². The number of amides is 1. The zero-order valence-electron chi connectivity index (χ0n) is 19.9. The minimum Gasteiger partial charge on any atom is -0.381 e. The molecule has 180 valence electrons. The fourth-order valence-electron chi connectivity index (χ4n) is 4.64. The number of rotatable bonds is 11. The van der Waals surface area contributed by atoms with Crippen LogP contribution in [0.2, 0.25) is 0 Å². The van der Waals surface area contributed by atoms with E-state index in [1.54, 1.807) is 19.1 Å². The van der Waals surface area contributed by atoms with Crippen LogP contribution in [0.1, 0.15) is 67.8 Å². The van der Waals surface area contributed by atoms with Crippen LogP contribution >= 0.6 is 0 Å². The summed E-state index contributed by atoms with van der Waals surface area (Å²) in [5.74, 6) is -3.50. The van der Waals surface area contributed by atoms with Crippen molar-refractivity contribution in [1.82, 2.24) is 0 Å². The zero-order valence-corrected chi connectivity index (χ0v) is 19.9. The number of Topliss-reactive ketones (excluding diaryl/α,β-unsaturated/α-hetero) is 3. The maximum atomic E-state index is 13.1. The van der Waals surface area contributed by atoms with E-state index < -0.39 is 29.9 Å². The predicted octanol–water partition coefficient (Wildman–Crippen LogP) is 4.50. The first kappa shape index (κ1) is 25.5. The van der Waals surface area contributed by atoms with Crippen molar-refractivity contribution < 1.29 is 23.9 Å². The maximum absolute atomic E-state index is 13.1. The Kier molecular flexibility index (Phi) is 8.88. The minimum atomic E-state index is -1.16. The molecule has 3 rings (SSSR count). The van der Waals surface area contributed by atoms with Crippen molar-refractivity contribution in [3.8, 4) is 11.1 Å². The van der Waals surface area contributed by atoms with E-state index in [-0.39, 0.29) is 18.0 Å². The lowest BCUT2D eigenvalue weighted by Gasteiger charge is -2.22. The molecule has 2 N–H and O–H groups in total. The van der Waals surface area contributed by atoms with Gasteiger partial charge in [0.2, 0.25) is 5.91 Å². The number of hydrogen-bond donors (Lipinski definition) is 1. The number of nitrogens with two attached hydrogens (primary N) is 1. The van der Waals surface area contributed by atoms with Gasteiger partial charge in [-0.2, -0.15) is 0 Å². The number of ketones is 3. The van der Waals surface area contributed by atoms with E-state index >= 15 is 0 Å². The van der Waals surface area contributed by atoms with Gasteiger partial charge in [-0.3, -0.25) is 19.2 Å². The Morgan fingerprint density at radius 2 is 1.47 bits per heavy atom. The van der Waals surface area contributed by atoms with Crippen LogP contribution in [0.5, 0.6) is 0 Å². The third kappa shape index (κ3) is 6.26. The van der Waals surface area contributed by atoms with Gasteiger partial charge < -0.3 is 10.5 Å². The zero-order chi connectivity index (χ0) is 24.7. The third-order valence-electron chi connectivity index (χ3n) is 6.56. The van der Waals surface area contributed by atoms with Gasteiger partial charge in [0.05, 0.1) is 12.3 Å². The van der Waals surface area contributed by atoms with Crippen LogP contribution in [-0.4, -0.2) is 36.5 Å². The fourth-order valence-corrected chi connectivity index (χ4v) is 4.64. The molecule has 1 amide bonds. The smallest absolute Gasteiger partial charge is 0.224 e. The molecule has 1 fully saturated rings. The second-order valence-electron chi connectivity index (χ2n) is 9.04. The van der Waals surface area contributed by atoms with Crippen LogP contribution in [0.15, 0.2) is 48.5 Å². The van der Waals surface area contributed by atoms with Crippen LogP contribution in [0, 0.1) is 11.8 Å². The molecule has 0 aliphatic carbocycles. The molecule has 0 spiro atoms. The number of primary amides is 1. The van der Waals surface area contributed by atoms with Crippen LogP contribution in [0.3, 0.4) is 0 Å². The standard InChI is InChI=1S/C28H33NO5/c1-3-4-24(30)27(25(31)17-26(29)32)18(2)28(33)23-11-9-20(10-12-23)19-5-7-21(8-6-19)22-13-15-34-16-14-22/h5-12,18,22,27H,3-4,13-17H2,1-2H3,(H2,29,32). The van der Waals surface area contributed by atoms with Crippen LogP contribution in [0.25, 0.3) is 11.1 Å². The van der Waals surface area contributed by atoms with E-state index in [9.17, 15) is 19.2 Å². The first-order valence-electron chi connectivity index (χ1n) is 12.0. The van der Waals surface area contributed by atoms with Crippen molar-refractivity contribution in [2.24, 2.45) is 17.6 Å². The first-order valence-corrected chi connectivity index (χ1v) is 12.0. The molecule has 6 heteroatoms. The van der Waals surface area contributed by atoms with Gasteiger partial charge in [-0.15, -0.1) is 0 Å². The van der Waals surface area contributed by atoms with Gasteiger partial charge in [-0.25, -0.2) is 0 Å². The Hall–Kier alpha value is -3.12. The molecule has 0 radical (unpaired) electrons. The number of hydrogen-bond acceptors (Lipinski definition) is 5. The molecule has 2 aromatic carbocycles. The van der Waals surface area contributed by atoms with E-state index in [2.05, 4.69) is 24.3 Å². The molecule has 2 unspecified atom stereocenters. The molecule has 1 aliphatic heterocycles. The molecular formula is C28H33NO5. The number of carbonyl (C=O) groups excluding carboxylic acids is 4. The summed E-state index contributed by atoms with van der Waals surface area (Å²) in [6.45, 7) is 5.01. The monoisotopic (exact) mass is 463 g/mol. The fraction of sp³-hybridized carbons (Fsp3) is 0.429. The number of ether oxygens (including phenoxy) is 1. The predicted molar refractivity (Wildman–Crippen MR) is 130 cm³/mol. The normalized spacial score (nSPS) is 15.9. The van der Waals surface area contributed by atoms with Crippen LogP contribution < -0.4 is 5.73 Å². The molecule has 34 heavy (non-hydrogen) atoms. The molecule has 0 aromatic heterocycles. The molecular weight excluding hydrogens is 430 g/mol. The van der Waals surface area contributed by atoms with Crippen molar-refractivity contribution in [3.63, 3.8) is 0 Å². The van der Waals surface area contributed by atoms with E-state index in [0.717, 1.165) is 37.2 Å². The molecule has 0 bridgehead atoms. The molecule has 2 aromatic rings. The maximum Gasteiger partial charge on any atom is 0.224 e. The van der Waals surface area contributed by atoms with Crippen LogP contribution in [-0.2, 0) is 19.1 Å². The van der Waals surface area contributed by atoms with E-state index in [1.807, 2.05) is 19.1 Å². The van der Waals surface area contributed by atoms with Crippen molar-refractivity contribution in [3.05, 3.63) is 59.7 Å². The van der Waals surface area contributed by atoms with Gasteiger partial charge in [-0.1, -0.05) is 62.4 Å². The van der Waals surface area contributed by atoms with Gasteiger partial charge in [0.1, 0.15) is 5.78 Å². The highest BCUT2D eigenvalue weighted by Gasteiger charge is 2.36. The summed E-state index contributed by atoms with van der Waals surface area (Å²) >= 11 is 0. The Labute approximate surface area is 200 Å². The molecule has 1 heterocycles. The van der Waals surface area contributed by atoms with Gasteiger partial charge in [0.25, 0.3) is 0 Å². The van der Waals surface area contributed by atoms with Crippen LogP contribution in [0.4, 0.5) is 0 Å². The van der Waals surface area contributed by atoms with Crippen molar-refractivity contribution in [1.29, 1.82) is 0 Å². The first-order chi connectivity index (χ1) is 16.3. The Balaban J connectivity index is 1.74. The summed E-state index contributed by atoms with van der Waals surface area (Å²) in [6, 6.07) is 15.7. The summed E-state index contributed by atoms with van der Waals surface area (Å²) in [6.07, 6.45) is 2.27. The highest BCUT2D eigenvalue weighted by molar-refractivity contribution is 6.13. The summed E-state index contributed by atoms with van der Waals surface area (Å²) in [5.41, 5.74) is 8.93. The third-order valence-corrected chi connectivity index (χ3v) is 6.56. The topological polar surface area (TPSA) is 104 Å². The second-order valence-corrected chi connectivity index (χ2v) is 9.04. The molecule has 2 atom stereocenters. The van der Waals surface area contributed by atoms with Crippen molar-refractivity contribution in [2.75, 3.05) is 13.2 Å². The minimum absolute atomic E-state index is 0.176. The largest absolute Gasteiger partial charge is 0.381 e. The highest BCUT2D eigenvalue weighted by Crippen LogP contribution is 2.30. The highest BCUT2D eigenvalue weighted by atomic mass is 16.5. The summed E-state index contributed by atoms with van der Waals surface area (Å²) < 4.78 is 5.45. The lowest BCUT2D eigenvalue weighted by Crippen LogP contribution is -2.36. The summed E-state index contributed by atoms with van der Waals surface area (Å²) in [5, 5.41) is 0. The number of carbonyl (C=O) groups is 4. The Morgan fingerprint density at radius 1 is 0.912 bits per heavy atom. The number of benzene rings is 2. The molecule has 1 aliphatic rings. The lowest BCUT2D eigenvalue weighted by atomic mass is 9.79. The lowest BCUT2D eigenvalue weighted by molar-refractivity contribution is -0.135. The van der Waals surface area contributed by atoms with E-state index in [4.69, 9.17) is 10.5 Å². The molecule has 6 nitrogen and oxygen atoms in total. The van der Waals surface area contributed by atoms with Gasteiger partial charge in [0, 0.05) is 31.1 Å². The Morgan fingerprint density at radius 3 is 2.00 bits per heavy atom. The Bertz CT molecular complexity index is 1020. The van der Waals surface area contributed by atoms with Gasteiger partial charge in [0.15, 0.2) is 11.6 Å². The SMILES string of the molecule is CCCC(=O)C(C(=O)CC(N)=O)C(C)C(=O)c1ccc(-c2ccc(C3CCOCC3)cc2)cc1.